The van der Waals surface area contributed by atoms with E-state index >= 15 is 8.78 Å². The molecule has 0 aliphatic heterocycles. The molecule has 1 aromatic heterocycles. The molecule has 10 atom stereocenters. The van der Waals surface area contributed by atoms with Crippen LogP contribution in [0, 0.1) is 64.1 Å². The Labute approximate surface area is 193 Å². The van der Waals surface area contributed by atoms with Gasteiger partial charge in [-0.15, -0.1) is 0 Å². The second kappa shape index (κ2) is 6.87. The van der Waals surface area contributed by atoms with Crippen molar-refractivity contribution in [2.24, 2.45) is 52.8 Å². The SMILES string of the molecule is C[C@@]1(O)CC[C@H]2[C@H](CC[C@H]3C4[C@H]5[C@@H]([C@H](C(=O)Cn6cc(C#N)cn6)[C@@]4(C)CC[C@H]23)C5(F)F)C1. The lowest BCUT2D eigenvalue weighted by Crippen LogP contribution is -2.53. The number of nitrogens with zero attached hydrogens (tertiary/aromatic N) is 3. The molecule has 1 unspecified atom stereocenters. The predicted molar refractivity (Wildman–Crippen MR) is 116 cm³/mol. The van der Waals surface area contributed by atoms with Crippen molar-refractivity contribution in [3.8, 4) is 6.07 Å². The molecule has 5 aliphatic carbocycles. The molecule has 1 heterocycles. The minimum Gasteiger partial charge on any atom is -0.390 e. The number of rotatable bonds is 3. The Hall–Kier alpha value is -1.81. The molecule has 5 nitrogen and oxygen atoms in total. The Morgan fingerprint density at radius 3 is 2.64 bits per heavy atom. The molecule has 0 bridgehead atoms. The highest BCUT2D eigenvalue weighted by Crippen LogP contribution is 2.79. The first kappa shape index (κ1) is 21.7. The lowest BCUT2D eigenvalue weighted by molar-refractivity contribution is -0.146. The molecule has 0 aromatic carbocycles. The van der Waals surface area contributed by atoms with Crippen LogP contribution in [0.3, 0.4) is 0 Å². The third-order valence-electron chi connectivity index (χ3n) is 10.6. The highest BCUT2D eigenvalue weighted by Gasteiger charge is 2.84. The summed E-state index contributed by atoms with van der Waals surface area (Å²) in [7, 11) is 0. The molecule has 0 spiro atoms. The fraction of sp³-hybridized carbons (Fsp3) is 0.808. The Morgan fingerprint density at radius 2 is 1.91 bits per heavy atom. The van der Waals surface area contributed by atoms with Crippen LogP contribution >= 0.6 is 0 Å². The monoisotopic (exact) mass is 457 g/mol. The summed E-state index contributed by atoms with van der Waals surface area (Å²) < 4.78 is 31.7. The molecule has 5 saturated carbocycles. The quantitative estimate of drug-likeness (QED) is 0.728. The maximum atomic E-state index is 15.1. The van der Waals surface area contributed by atoms with Crippen molar-refractivity contribution in [2.75, 3.05) is 0 Å². The number of fused-ring (bicyclic) bond motifs is 7. The average molecular weight is 458 g/mol. The van der Waals surface area contributed by atoms with Crippen LogP contribution in [0.4, 0.5) is 8.78 Å². The topological polar surface area (TPSA) is 78.9 Å². The molecule has 5 aliphatic rings. The zero-order valence-corrected chi connectivity index (χ0v) is 19.4. The Kier molecular flexibility index (Phi) is 4.52. The molecule has 1 N–H and O–H groups in total. The average Bonchev–Trinajstić information content (AvgIpc) is 3.09. The van der Waals surface area contributed by atoms with E-state index in [-0.39, 0.29) is 29.6 Å². The van der Waals surface area contributed by atoms with Crippen molar-refractivity contribution in [3.05, 3.63) is 18.0 Å². The molecule has 33 heavy (non-hydrogen) atoms. The number of nitriles is 1. The number of Topliss-reactive ketones (excluding diaryl/α,β-unsaturated/α-hetero) is 1. The second-order valence-electron chi connectivity index (χ2n) is 12.3. The molecule has 0 amide bonds. The Balaban J connectivity index is 1.28. The van der Waals surface area contributed by atoms with Gasteiger partial charge in [0.25, 0.3) is 5.92 Å². The normalized spacial score (nSPS) is 49.2. The minimum atomic E-state index is -2.75. The van der Waals surface area contributed by atoms with Crippen LogP contribution in [0.1, 0.15) is 64.4 Å². The first-order valence-electron chi connectivity index (χ1n) is 12.6. The summed E-state index contributed by atoms with van der Waals surface area (Å²) in [4.78, 5) is 13.5. The van der Waals surface area contributed by atoms with E-state index in [2.05, 4.69) is 12.0 Å². The van der Waals surface area contributed by atoms with Gasteiger partial charge in [-0.2, -0.15) is 10.4 Å². The Bertz CT molecular complexity index is 1030. The third-order valence-corrected chi connectivity index (χ3v) is 10.6. The van der Waals surface area contributed by atoms with Crippen LogP contribution in [0.25, 0.3) is 0 Å². The molecule has 0 radical (unpaired) electrons. The summed E-state index contributed by atoms with van der Waals surface area (Å²) in [5, 5.41) is 23.7. The molecule has 5 fully saturated rings. The molecule has 6 rings (SSSR count). The number of carbonyl (C=O) groups excluding carboxylic acids is 1. The van der Waals surface area contributed by atoms with Gasteiger partial charge in [0, 0.05) is 24.0 Å². The second-order valence-corrected chi connectivity index (χ2v) is 12.3. The van der Waals surface area contributed by atoms with Crippen molar-refractivity contribution >= 4 is 5.78 Å². The van der Waals surface area contributed by atoms with Crippen LogP contribution in [0.2, 0.25) is 0 Å². The summed E-state index contributed by atoms with van der Waals surface area (Å²) in [5.74, 6) is -3.39. The van der Waals surface area contributed by atoms with Gasteiger partial charge in [-0.05, 0) is 86.9 Å². The number of aliphatic hydroxyl groups is 1. The van der Waals surface area contributed by atoms with Crippen LogP contribution in [-0.2, 0) is 11.3 Å². The van der Waals surface area contributed by atoms with E-state index in [0.717, 1.165) is 44.9 Å². The smallest absolute Gasteiger partial charge is 0.255 e. The van der Waals surface area contributed by atoms with Crippen molar-refractivity contribution in [1.82, 2.24) is 9.78 Å². The molecule has 178 valence electrons. The fourth-order valence-corrected chi connectivity index (χ4v) is 9.41. The minimum absolute atomic E-state index is 0.0398. The van der Waals surface area contributed by atoms with Gasteiger partial charge in [0.1, 0.15) is 6.07 Å². The summed E-state index contributed by atoms with van der Waals surface area (Å²) in [6, 6.07) is 2.00. The summed E-state index contributed by atoms with van der Waals surface area (Å²) >= 11 is 0. The predicted octanol–water partition coefficient (Wildman–Crippen LogP) is 4.44. The van der Waals surface area contributed by atoms with Crippen LogP contribution in [-0.4, -0.2) is 32.2 Å². The lowest BCUT2D eigenvalue weighted by Gasteiger charge is -2.57. The maximum absolute atomic E-state index is 15.1. The van der Waals surface area contributed by atoms with Gasteiger partial charge in [-0.25, -0.2) is 8.78 Å². The largest absolute Gasteiger partial charge is 0.390 e. The highest BCUT2D eigenvalue weighted by atomic mass is 19.3. The molecular formula is C26H33F2N3O2. The van der Waals surface area contributed by atoms with E-state index in [4.69, 9.17) is 5.26 Å². The number of aromatic nitrogens is 2. The van der Waals surface area contributed by atoms with E-state index in [1.165, 1.54) is 17.1 Å². The zero-order chi connectivity index (χ0) is 23.3. The van der Waals surface area contributed by atoms with Gasteiger partial charge in [0.05, 0.1) is 23.9 Å². The van der Waals surface area contributed by atoms with E-state index in [9.17, 15) is 9.90 Å². The number of hydrogen-bond donors (Lipinski definition) is 1. The van der Waals surface area contributed by atoms with Gasteiger partial charge in [-0.3, -0.25) is 9.48 Å². The Morgan fingerprint density at radius 1 is 1.15 bits per heavy atom. The van der Waals surface area contributed by atoms with E-state index in [1.54, 1.807) is 0 Å². The van der Waals surface area contributed by atoms with E-state index in [0.29, 0.717) is 23.3 Å². The number of ketones is 1. The van der Waals surface area contributed by atoms with Crippen molar-refractivity contribution in [1.29, 1.82) is 5.26 Å². The van der Waals surface area contributed by atoms with Crippen molar-refractivity contribution in [2.45, 2.75) is 76.9 Å². The molecular weight excluding hydrogens is 424 g/mol. The first-order valence-corrected chi connectivity index (χ1v) is 12.6. The third kappa shape index (κ3) is 3.02. The molecule has 0 saturated heterocycles. The zero-order valence-electron chi connectivity index (χ0n) is 19.4. The molecule has 1 aromatic rings. The maximum Gasteiger partial charge on any atom is 0.255 e. The van der Waals surface area contributed by atoms with Gasteiger partial charge >= 0.3 is 0 Å². The fourth-order valence-electron chi connectivity index (χ4n) is 9.41. The number of alkyl halides is 2. The summed E-state index contributed by atoms with van der Waals surface area (Å²) in [6.45, 7) is 4.01. The lowest BCUT2D eigenvalue weighted by atomic mass is 9.47. The number of carbonyl (C=O) groups is 1. The van der Waals surface area contributed by atoms with Crippen LogP contribution in [0.15, 0.2) is 12.4 Å². The van der Waals surface area contributed by atoms with E-state index < -0.39 is 29.3 Å². The van der Waals surface area contributed by atoms with Gasteiger partial charge in [0.2, 0.25) is 0 Å². The highest BCUT2D eigenvalue weighted by molar-refractivity contribution is 5.83. The summed E-state index contributed by atoms with van der Waals surface area (Å²) in [6.07, 6.45) is 9.37. The first-order chi connectivity index (χ1) is 15.6. The van der Waals surface area contributed by atoms with Crippen LogP contribution < -0.4 is 0 Å². The van der Waals surface area contributed by atoms with Crippen molar-refractivity contribution in [3.63, 3.8) is 0 Å². The van der Waals surface area contributed by atoms with E-state index in [1.807, 2.05) is 13.0 Å². The number of hydrogen-bond acceptors (Lipinski definition) is 4. The number of halogens is 2. The van der Waals surface area contributed by atoms with Gasteiger partial charge < -0.3 is 5.11 Å². The summed E-state index contributed by atoms with van der Waals surface area (Å²) in [5.41, 5.74) is -0.598. The molecule has 7 heteroatoms. The van der Waals surface area contributed by atoms with Crippen molar-refractivity contribution < 1.29 is 18.7 Å². The van der Waals surface area contributed by atoms with Crippen LogP contribution in [0.5, 0.6) is 0 Å². The van der Waals surface area contributed by atoms with Gasteiger partial charge in [-0.1, -0.05) is 6.92 Å². The van der Waals surface area contributed by atoms with Gasteiger partial charge in [0.15, 0.2) is 5.78 Å². The standard InChI is InChI=1S/C26H33F2N3O2/c1-24(33)7-5-16-15(9-24)3-4-18-17(16)6-8-25(2)20(18)22-23(26(22,27)28)21(25)19(32)13-31-12-14(10-29)11-30-31/h11-12,15-18,20-23,33H,3-9,13H2,1-2H3/t15-,16+,17-,18-,20?,21+,22+,23-,24-,25+/m1/s1.